The van der Waals surface area contributed by atoms with Gasteiger partial charge in [0.05, 0.1) is 0 Å². The first kappa shape index (κ1) is 12.6. The van der Waals surface area contributed by atoms with Gasteiger partial charge in [-0.1, -0.05) is 6.07 Å². The van der Waals surface area contributed by atoms with Gasteiger partial charge in [-0.2, -0.15) is 0 Å². The first-order valence-electron chi connectivity index (χ1n) is 6.46. The van der Waals surface area contributed by atoms with Gasteiger partial charge in [0.15, 0.2) is 0 Å². The Morgan fingerprint density at radius 3 is 1.94 bits per heavy atom. The van der Waals surface area contributed by atoms with E-state index < -0.39 is 0 Å². The van der Waals surface area contributed by atoms with Gasteiger partial charge in [0, 0.05) is 11.5 Å². The van der Waals surface area contributed by atoms with Crippen molar-refractivity contribution in [1.29, 1.82) is 0 Å². The molecule has 0 aromatic heterocycles. The molecule has 0 spiro atoms. The fraction of sp³-hybridized carbons (Fsp3) is 0.600. The van der Waals surface area contributed by atoms with Gasteiger partial charge in [-0.3, -0.25) is 0 Å². The molecule has 1 aromatic rings. The van der Waals surface area contributed by atoms with Gasteiger partial charge in [-0.05, 0) is 74.9 Å². The van der Waals surface area contributed by atoms with Crippen LogP contribution in [0, 0.1) is 33.1 Å². The lowest BCUT2D eigenvalue weighted by atomic mass is 9.83. The lowest BCUT2D eigenvalue weighted by Crippen LogP contribution is -2.31. The van der Waals surface area contributed by atoms with E-state index in [2.05, 4.69) is 33.8 Å². The fourth-order valence-corrected chi connectivity index (χ4v) is 2.82. The molecule has 1 fully saturated rings. The highest BCUT2D eigenvalue weighted by atomic mass is 14.8. The molecule has 1 aliphatic rings. The van der Waals surface area contributed by atoms with Crippen LogP contribution in [0.15, 0.2) is 6.07 Å². The number of hydrogen-bond donors (Lipinski definition) is 2. The third-order valence-electron chi connectivity index (χ3n) is 4.69. The highest BCUT2D eigenvalue weighted by Gasteiger charge is 2.47. The Bertz CT molecular complexity index is 418. The summed E-state index contributed by atoms with van der Waals surface area (Å²) in [6, 6.07) is 2.36. The molecule has 2 rings (SSSR count). The van der Waals surface area contributed by atoms with Crippen LogP contribution in [0.4, 0.5) is 0 Å². The average molecular weight is 232 g/mol. The number of aryl methyl sites for hydroxylation is 2. The molecule has 0 radical (unpaired) electrons. The molecule has 4 N–H and O–H groups in total. The molecule has 1 saturated carbocycles. The van der Waals surface area contributed by atoms with Gasteiger partial charge >= 0.3 is 0 Å². The van der Waals surface area contributed by atoms with E-state index in [0.717, 1.165) is 0 Å². The molecule has 1 atom stereocenters. The number of benzene rings is 1. The van der Waals surface area contributed by atoms with E-state index in [1.54, 1.807) is 0 Å². The van der Waals surface area contributed by atoms with Gasteiger partial charge in [-0.15, -0.1) is 0 Å². The van der Waals surface area contributed by atoms with Gasteiger partial charge in [-0.25, -0.2) is 0 Å². The summed E-state index contributed by atoms with van der Waals surface area (Å²) >= 11 is 0. The molecule has 1 unspecified atom stereocenters. The van der Waals surface area contributed by atoms with Crippen molar-refractivity contribution in [3.05, 3.63) is 33.9 Å². The summed E-state index contributed by atoms with van der Waals surface area (Å²) in [5, 5.41) is 0. The number of rotatable bonds is 3. The normalized spacial score (nSPS) is 19.2. The van der Waals surface area contributed by atoms with E-state index in [9.17, 15) is 0 Å². The number of hydrogen-bond acceptors (Lipinski definition) is 2. The molecule has 2 nitrogen and oxygen atoms in total. The second-order valence-corrected chi connectivity index (χ2v) is 5.72. The minimum Gasteiger partial charge on any atom is -0.330 e. The molecular weight excluding hydrogens is 208 g/mol. The Hall–Kier alpha value is -0.860. The monoisotopic (exact) mass is 232 g/mol. The molecule has 1 aliphatic carbocycles. The van der Waals surface area contributed by atoms with Crippen LogP contribution in [0.1, 0.15) is 46.7 Å². The Labute approximate surface area is 104 Å². The zero-order chi connectivity index (χ0) is 12.8. The molecule has 0 heterocycles. The summed E-state index contributed by atoms with van der Waals surface area (Å²) in [7, 11) is 0. The van der Waals surface area contributed by atoms with E-state index in [-0.39, 0.29) is 11.5 Å². The highest BCUT2D eigenvalue weighted by molar-refractivity contribution is 5.46. The summed E-state index contributed by atoms with van der Waals surface area (Å²) in [4.78, 5) is 0. The van der Waals surface area contributed by atoms with Crippen LogP contribution in [-0.4, -0.2) is 6.54 Å². The second kappa shape index (κ2) is 4.11. The SMILES string of the molecule is Cc1cc(C)c(C)c(C(N)C2(CN)CC2)c1C. The van der Waals surface area contributed by atoms with Crippen LogP contribution in [0.2, 0.25) is 0 Å². The maximum absolute atomic E-state index is 6.51. The lowest BCUT2D eigenvalue weighted by molar-refractivity contribution is 0.416. The smallest absolute Gasteiger partial charge is 0.0369 e. The van der Waals surface area contributed by atoms with E-state index in [4.69, 9.17) is 11.5 Å². The summed E-state index contributed by atoms with van der Waals surface area (Å²) in [6.07, 6.45) is 2.35. The molecule has 0 amide bonds. The molecule has 17 heavy (non-hydrogen) atoms. The quantitative estimate of drug-likeness (QED) is 0.841. The van der Waals surface area contributed by atoms with Crippen LogP contribution in [-0.2, 0) is 0 Å². The van der Waals surface area contributed by atoms with Crippen molar-refractivity contribution in [3.63, 3.8) is 0 Å². The van der Waals surface area contributed by atoms with Crippen LogP contribution < -0.4 is 11.5 Å². The zero-order valence-corrected chi connectivity index (χ0v) is 11.4. The number of nitrogens with two attached hydrogens (primary N) is 2. The Morgan fingerprint density at radius 2 is 1.59 bits per heavy atom. The van der Waals surface area contributed by atoms with E-state index in [1.807, 2.05) is 0 Å². The van der Waals surface area contributed by atoms with Crippen LogP contribution in [0.3, 0.4) is 0 Å². The van der Waals surface area contributed by atoms with E-state index in [1.165, 1.54) is 40.7 Å². The lowest BCUT2D eigenvalue weighted by Gasteiger charge is -2.27. The Balaban J connectivity index is 2.51. The average Bonchev–Trinajstić information content (AvgIpc) is 3.07. The molecule has 0 saturated heterocycles. The topological polar surface area (TPSA) is 52.0 Å². The van der Waals surface area contributed by atoms with Crippen molar-refractivity contribution in [2.45, 2.75) is 46.6 Å². The van der Waals surface area contributed by atoms with Crippen molar-refractivity contribution in [2.75, 3.05) is 6.54 Å². The predicted octanol–water partition coefficient (Wildman–Crippen LogP) is 2.66. The molecule has 2 heteroatoms. The molecule has 0 bridgehead atoms. The summed E-state index contributed by atoms with van der Waals surface area (Å²) < 4.78 is 0. The predicted molar refractivity (Wildman–Crippen MR) is 73.0 cm³/mol. The van der Waals surface area contributed by atoms with Crippen molar-refractivity contribution < 1.29 is 0 Å². The van der Waals surface area contributed by atoms with Crippen LogP contribution in [0.5, 0.6) is 0 Å². The second-order valence-electron chi connectivity index (χ2n) is 5.72. The largest absolute Gasteiger partial charge is 0.330 e. The van der Waals surface area contributed by atoms with Crippen LogP contribution >= 0.6 is 0 Å². The van der Waals surface area contributed by atoms with Crippen molar-refractivity contribution >= 4 is 0 Å². The summed E-state index contributed by atoms with van der Waals surface area (Å²) in [6.45, 7) is 9.41. The van der Waals surface area contributed by atoms with E-state index in [0.29, 0.717) is 6.54 Å². The molecular formula is C15H24N2. The Morgan fingerprint density at radius 1 is 1.12 bits per heavy atom. The van der Waals surface area contributed by atoms with Gasteiger partial charge in [0.2, 0.25) is 0 Å². The van der Waals surface area contributed by atoms with Gasteiger partial charge in [0.25, 0.3) is 0 Å². The van der Waals surface area contributed by atoms with Crippen molar-refractivity contribution in [1.82, 2.24) is 0 Å². The first-order valence-corrected chi connectivity index (χ1v) is 6.46. The van der Waals surface area contributed by atoms with Crippen molar-refractivity contribution in [3.8, 4) is 0 Å². The fourth-order valence-electron chi connectivity index (χ4n) is 2.82. The summed E-state index contributed by atoms with van der Waals surface area (Å²) in [5.74, 6) is 0. The first-order chi connectivity index (χ1) is 7.93. The van der Waals surface area contributed by atoms with E-state index >= 15 is 0 Å². The summed E-state index contributed by atoms with van der Waals surface area (Å²) in [5.41, 5.74) is 19.3. The van der Waals surface area contributed by atoms with Crippen molar-refractivity contribution in [2.24, 2.45) is 16.9 Å². The van der Waals surface area contributed by atoms with Gasteiger partial charge in [0.1, 0.15) is 0 Å². The van der Waals surface area contributed by atoms with Crippen LogP contribution in [0.25, 0.3) is 0 Å². The highest BCUT2D eigenvalue weighted by Crippen LogP contribution is 2.54. The molecule has 1 aromatic carbocycles. The zero-order valence-electron chi connectivity index (χ0n) is 11.4. The Kier molecular flexibility index (Phi) is 3.04. The molecule has 94 valence electrons. The minimum absolute atomic E-state index is 0.103. The standard InChI is InChI=1S/C15H24N2/c1-9-7-10(2)12(4)13(11(9)3)14(17)15(8-16)5-6-15/h7,14H,5-6,8,16-17H2,1-4H3. The molecule has 0 aliphatic heterocycles. The maximum atomic E-state index is 6.51. The van der Waals surface area contributed by atoms with Gasteiger partial charge < -0.3 is 11.5 Å². The third kappa shape index (κ3) is 1.90. The third-order valence-corrected chi connectivity index (χ3v) is 4.69. The maximum Gasteiger partial charge on any atom is 0.0369 e. The minimum atomic E-state index is 0.103.